The normalized spacial score (nSPS) is 49.1. The summed E-state index contributed by atoms with van der Waals surface area (Å²) in [6.07, 6.45) is 3.77. The number of halogens is 1. The van der Waals surface area contributed by atoms with Gasteiger partial charge in [0.15, 0.2) is 28.6 Å². The van der Waals surface area contributed by atoms with Crippen LogP contribution in [-0.4, -0.2) is 51.9 Å². The number of benzene rings is 1. The molecule has 6 rings (SSSR count). The van der Waals surface area contributed by atoms with Crippen LogP contribution < -0.4 is 0 Å². The van der Waals surface area contributed by atoms with Gasteiger partial charge in [-0.3, -0.25) is 9.59 Å². The Morgan fingerprint density at radius 3 is 2.58 bits per heavy atom. The number of carbonyl (C=O) groups is 2. The highest BCUT2D eigenvalue weighted by Gasteiger charge is 2.80. The Kier molecular flexibility index (Phi) is 4.99. The van der Waals surface area contributed by atoms with Crippen molar-refractivity contribution < 1.29 is 33.7 Å². The average molecular weight is 497 g/mol. The third kappa shape index (κ3) is 2.65. The SMILES string of the molecule is C[C@]1(c2ccccc2)O[C@H]2C[C@H]3[C@@H]4CCC5=CC(=O)C=C[C@]5(C)[C@@]4(F)[C@H](O)C[C@]3(C)[C@@]2(C(=O)CO)O1. The van der Waals surface area contributed by atoms with Gasteiger partial charge in [-0.2, -0.15) is 0 Å². The highest BCUT2D eigenvalue weighted by atomic mass is 19.1. The van der Waals surface area contributed by atoms with Crippen LogP contribution in [0, 0.1) is 22.7 Å². The number of hydrogen-bond acceptors (Lipinski definition) is 6. The fourth-order valence-corrected chi connectivity index (χ4v) is 8.64. The zero-order valence-corrected chi connectivity index (χ0v) is 20.9. The Balaban J connectivity index is 1.46. The lowest BCUT2D eigenvalue weighted by molar-refractivity contribution is -0.254. The highest BCUT2D eigenvalue weighted by Crippen LogP contribution is 2.72. The van der Waals surface area contributed by atoms with E-state index in [9.17, 15) is 19.8 Å². The van der Waals surface area contributed by atoms with Gasteiger partial charge in [0.1, 0.15) is 6.61 Å². The van der Waals surface area contributed by atoms with Crippen LogP contribution in [0.25, 0.3) is 0 Å². The Bertz CT molecular complexity index is 1200. The maximum atomic E-state index is 17.4. The fraction of sp³-hybridized carbons (Fsp3) is 0.586. The van der Waals surface area contributed by atoms with Gasteiger partial charge >= 0.3 is 0 Å². The van der Waals surface area contributed by atoms with E-state index in [0.29, 0.717) is 24.8 Å². The molecule has 0 unspecified atom stereocenters. The fourth-order valence-electron chi connectivity index (χ4n) is 8.64. The lowest BCUT2D eigenvalue weighted by Gasteiger charge is -2.62. The lowest BCUT2D eigenvalue weighted by Crippen LogP contribution is -2.70. The summed E-state index contributed by atoms with van der Waals surface area (Å²) in [5.41, 5.74) is -4.15. The summed E-state index contributed by atoms with van der Waals surface area (Å²) >= 11 is 0. The topological polar surface area (TPSA) is 93.1 Å². The summed E-state index contributed by atoms with van der Waals surface area (Å²) in [7, 11) is 0. The smallest absolute Gasteiger partial charge is 0.193 e. The van der Waals surface area contributed by atoms with E-state index in [4.69, 9.17) is 9.47 Å². The van der Waals surface area contributed by atoms with Crippen LogP contribution in [0.15, 0.2) is 54.1 Å². The number of aliphatic hydroxyl groups excluding tert-OH is 2. The minimum absolute atomic E-state index is 0.0220. The molecule has 1 aromatic carbocycles. The number of ether oxygens (including phenoxy) is 2. The minimum Gasteiger partial charge on any atom is -0.390 e. The van der Waals surface area contributed by atoms with E-state index >= 15 is 4.39 Å². The highest BCUT2D eigenvalue weighted by molar-refractivity contribution is 6.01. The van der Waals surface area contributed by atoms with Crippen LogP contribution in [0.4, 0.5) is 4.39 Å². The van der Waals surface area contributed by atoms with Crippen LogP contribution in [-0.2, 0) is 24.8 Å². The third-order valence-electron chi connectivity index (χ3n) is 10.4. The number of Topliss-reactive ketones (excluding diaryl/α,β-unsaturated/α-hetero) is 1. The maximum Gasteiger partial charge on any atom is 0.193 e. The first-order chi connectivity index (χ1) is 17.0. The molecule has 0 bridgehead atoms. The first kappa shape index (κ1) is 24.2. The molecule has 5 aliphatic rings. The predicted molar refractivity (Wildman–Crippen MR) is 128 cm³/mol. The molecule has 0 spiro atoms. The molecule has 1 aliphatic heterocycles. The predicted octanol–water partition coefficient (Wildman–Crippen LogP) is 3.56. The van der Waals surface area contributed by atoms with Crippen LogP contribution in [0.3, 0.4) is 0 Å². The van der Waals surface area contributed by atoms with E-state index < -0.39 is 58.4 Å². The standard InChI is InChI=1S/C29H33FO6/c1-25-12-11-19(32)13-18(25)9-10-20-21-14-24-29(23(34)16-31,26(21,2)15-22(33)28(20,25)30)36-27(3,35-24)17-7-5-4-6-8-17/h4-8,11-13,20-22,24,31,33H,9-10,14-16H2,1-3H3/t20-,21-,22+,24-,25-,26-,27-,28-,29-/m0/s1. The van der Waals surface area contributed by atoms with Crippen molar-refractivity contribution in [2.24, 2.45) is 22.7 Å². The molecular formula is C29H33FO6. The van der Waals surface area contributed by atoms with Crippen molar-refractivity contribution in [1.29, 1.82) is 0 Å². The van der Waals surface area contributed by atoms with Gasteiger partial charge in [0, 0.05) is 22.3 Å². The van der Waals surface area contributed by atoms with Gasteiger partial charge in [0.2, 0.25) is 0 Å². The molecule has 1 heterocycles. The molecule has 2 N–H and O–H groups in total. The molecule has 0 radical (unpaired) electrons. The van der Waals surface area contributed by atoms with Gasteiger partial charge in [0.05, 0.1) is 12.2 Å². The van der Waals surface area contributed by atoms with Gasteiger partial charge in [-0.1, -0.05) is 48.9 Å². The molecule has 0 amide bonds. The van der Waals surface area contributed by atoms with Crippen molar-refractivity contribution in [2.75, 3.05) is 6.61 Å². The molecule has 4 aliphatic carbocycles. The third-order valence-corrected chi connectivity index (χ3v) is 10.4. The summed E-state index contributed by atoms with van der Waals surface area (Å²) in [5.74, 6) is -2.78. The number of rotatable bonds is 3. The molecule has 6 nitrogen and oxygen atoms in total. The maximum absolute atomic E-state index is 17.4. The van der Waals surface area contributed by atoms with E-state index in [0.717, 1.165) is 5.56 Å². The quantitative estimate of drug-likeness (QED) is 0.665. The van der Waals surface area contributed by atoms with Gasteiger partial charge in [-0.05, 0) is 57.6 Å². The second-order valence-corrected chi connectivity index (χ2v) is 11.8. The zero-order valence-electron chi connectivity index (χ0n) is 20.9. The summed E-state index contributed by atoms with van der Waals surface area (Å²) in [6, 6.07) is 9.35. The first-order valence-electron chi connectivity index (χ1n) is 12.9. The lowest BCUT2D eigenvalue weighted by atomic mass is 9.44. The number of carbonyl (C=O) groups excluding carboxylic acids is 2. The minimum atomic E-state index is -2.01. The summed E-state index contributed by atoms with van der Waals surface area (Å²) in [6.45, 7) is 4.70. The van der Waals surface area contributed by atoms with E-state index in [1.54, 1.807) is 19.9 Å². The van der Waals surface area contributed by atoms with E-state index in [2.05, 4.69) is 0 Å². The molecular weight excluding hydrogens is 463 g/mol. The Morgan fingerprint density at radius 2 is 1.89 bits per heavy atom. The molecule has 1 saturated heterocycles. The summed E-state index contributed by atoms with van der Waals surface area (Å²) in [5, 5.41) is 21.7. The van der Waals surface area contributed by atoms with E-state index in [-0.39, 0.29) is 18.1 Å². The molecule has 36 heavy (non-hydrogen) atoms. The van der Waals surface area contributed by atoms with Crippen molar-refractivity contribution in [3.05, 3.63) is 59.7 Å². The first-order valence-corrected chi connectivity index (χ1v) is 12.9. The summed E-state index contributed by atoms with van der Waals surface area (Å²) < 4.78 is 30.5. The van der Waals surface area contributed by atoms with Crippen molar-refractivity contribution in [2.45, 2.75) is 75.7 Å². The number of allylic oxidation sites excluding steroid dienone is 4. The molecule has 0 aromatic heterocycles. The van der Waals surface area contributed by atoms with Crippen LogP contribution in [0.1, 0.15) is 52.0 Å². The van der Waals surface area contributed by atoms with Crippen LogP contribution in [0.2, 0.25) is 0 Å². The Hall–Kier alpha value is -2.19. The van der Waals surface area contributed by atoms with Crippen LogP contribution >= 0.6 is 0 Å². The van der Waals surface area contributed by atoms with Gasteiger partial charge in [0.25, 0.3) is 0 Å². The zero-order chi connectivity index (χ0) is 25.7. The number of ketones is 2. The van der Waals surface area contributed by atoms with E-state index in [1.165, 1.54) is 12.2 Å². The van der Waals surface area contributed by atoms with Crippen LogP contribution in [0.5, 0.6) is 0 Å². The van der Waals surface area contributed by atoms with Gasteiger partial charge in [-0.15, -0.1) is 0 Å². The van der Waals surface area contributed by atoms with Gasteiger partial charge < -0.3 is 19.7 Å². The second-order valence-electron chi connectivity index (χ2n) is 11.8. The Labute approximate surface area is 210 Å². The summed E-state index contributed by atoms with van der Waals surface area (Å²) in [4.78, 5) is 25.6. The number of fused-ring (bicyclic) bond motifs is 7. The largest absolute Gasteiger partial charge is 0.390 e. The Morgan fingerprint density at radius 1 is 1.17 bits per heavy atom. The molecule has 9 atom stereocenters. The van der Waals surface area contributed by atoms with Crippen molar-refractivity contribution >= 4 is 11.6 Å². The van der Waals surface area contributed by atoms with Crippen molar-refractivity contribution in [3.8, 4) is 0 Å². The molecule has 4 fully saturated rings. The number of aliphatic hydroxyl groups is 2. The second kappa shape index (κ2) is 7.44. The molecule has 3 saturated carbocycles. The number of hydrogen-bond donors (Lipinski definition) is 2. The van der Waals surface area contributed by atoms with Crippen molar-refractivity contribution in [3.63, 3.8) is 0 Å². The molecule has 1 aromatic rings. The molecule has 192 valence electrons. The number of alkyl halides is 1. The molecule has 7 heteroatoms. The average Bonchev–Trinajstić information content (AvgIpc) is 3.29. The van der Waals surface area contributed by atoms with E-state index in [1.807, 2.05) is 37.3 Å². The van der Waals surface area contributed by atoms with Crippen molar-refractivity contribution in [1.82, 2.24) is 0 Å². The van der Waals surface area contributed by atoms with Gasteiger partial charge in [-0.25, -0.2) is 4.39 Å². The monoisotopic (exact) mass is 496 g/mol.